The van der Waals surface area contributed by atoms with E-state index < -0.39 is 0 Å². The molecule has 3 aromatic rings. The van der Waals surface area contributed by atoms with Gasteiger partial charge in [-0.2, -0.15) is 0 Å². The van der Waals surface area contributed by atoms with Gasteiger partial charge in [-0.15, -0.1) is 0 Å². The minimum absolute atomic E-state index is 0.396. The SMILES string of the molecule is COc1ccc2c(c1)CC[C@H](c1ccccc1)C2c1ccc(C)cc1C. The molecule has 1 unspecified atom stereocenters. The van der Waals surface area contributed by atoms with Crippen LogP contribution in [0.4, 0.5) is 0 Å². The van der Waals surface area contributed by atoms with Crippen molar-refractivity contribution in [1.82, 2.24) is 0 Å². The van der Waals surface area contributed by atoms with Gasteiger partial charge >= 0.3 is 0 Å². The molecule has 0 N–H and O–H groups in total. The van der Waals surface area contributed by atoms with Crippen LogP contribution < -0.4 is 4.74 Å². The summed E-state index contributed by atoms with van der Waals surface area (Å²) in [5, 5.41) is 0. The van der Waals surface area contributed by atoms with Crippen molar-refractivity contribution in [3.05, 3.63) is 100 Å². The molecule has 1 aliphatic carbocycles. The summed E-state index contributed by atoms with van der Waals surface area (Å²) in [6.45, 7) is 4.42. The van der Waals surface area contributed by atoms with Crippen LogP contribution in [0.15, 0.2) is 66.7 Å². The fraction of sp³-hybridized carbons (Fsp3) is 0.280. The van der Waals surface area contributed by atoms with Crippen molar-refractivity contribution < 1.29 is 4.74 Å². The molecule has 2 atom stereocenters. The highest BCUT2D eigenvalue weighted by Gasteiger charge is 2.32. The molecule has 3 aromatic carbocycles. The number of methoxy groups -OCH3 is 1. The summed E-state index contributed by atoms with van der Waals surface area (Å²) in [6.07, 6.45) is 2.27. The van der Waals surface area contributed by atoms with Crippen LogP contribution in [0.3, 0.4) is 0 Å². The van der Waals surface area contributed by atoms with Crippen LogP contribution in [0.5, 0.6) is 5.75 Å². The Hall–Kier alpha value is -2.54. The van der Waals surface area contributed by atoms with E-state index in [4.69, 9.17) is 4.74 Å². The van der Waals surface area contributed by atoms with E-state index in [1.807, 2.05) is 0 Å². The van der Waals surface area contributed by atoms with Gasteiger partial charge in [0.05, 0.1) is 7.11 Å². The first kappa shape index (κ1) is 16.9. The van der Waals surface area contributed by atoms with Crippen LogP contribution in [0, 0.1) is 13.8 Å². The Labute approximate surface area is 156 Å². The second-order valence-corrected chi connectivity index (χ2v) is 7.46. The number of ether oxygens (including phenoxy) is 1. The minimum atomic E-state index is 0.396. The van der Waals surface area contributed by atoms with E-state index in [1.165, 1.54) is 39.8 Å². The Bertz CT molecular complexity index is 911. The lowest BCUT2D eigenvalue weighted by Crippen LogP contribution is -2.21. The molecule has 1 nitrogen and oxygen atoms in total. The molecule has 0 amide bonds. The highest BCUT2D eigenvalue weighted by molar-refractivity contribution is 5.49. The van der Waals surface area contributed by atoms with Crippen molar-refractivity contribution in [3.8, 4) is 5.75 Å². The van der Waals surface area contributed by atoms with E-state index in [2.05, 4.69) is 80.6 Å². The Morgan fingerprint density at radius 3 is 2.35 bits per heavy atom. The third kappa shape index (κ3) is 3.03. The number of fused-ring (bicyclic) bond motifs is 1. The van der Waals surface area contributed by atoms with Crippen LogP contribution >= 0.6 is 0 Å². The number of benzene rings is 3. The fourth-order valence-electron chi connectivity index (χ4n) is 4.54. The average Bonchev–Trinajstić information content (AvgIpc) is 2.67. The Morgan fingerprint density at radius 2 is 1.62 bits per heavy atom. The van der Waals surface area contributed by atoms with E-state index in [9.17, 15) is 0 Å². The standard InChI is InChI=1S/C25H26O/c1-17-9-12-22(18(2)15-17)25-23(19-7-5-4-6-8-19)13-10-20-16-21(26-3)11-14-24(20)25/h4-9,11-12,14-16,23,25H,10,13H2,1-3H3/t23-,25?/m1/s1. The summed E-state index contributed by atoms with van der Waals surface area (Å²) in [7, 11) is 1.75. The largest absolute Gasteiger partial charge is 0.497 e. The van der Waals surface area contributed by atoms with Gasteiger partial charge in [0.25, 0.3) is 0 Å². The molecule has 0 bridgehead atoms. The molecular formula is C25H26O. The van der Waals surface area contributed by atoms with Gasteiger partial charge in [-0.25, -0.2) is 0 Å². The molecule has 0 aromatic heterocycles. The summed E-state index contributed by atoms with van der Waals surface area (Å²) in [6, 6.07) is 24.5. The number of aryl methyl sites for hydroxylation is 3. The Balaban J connectivity index is 1.88. The van der Waals surface area contributed by atoms with Gasteiger partial charge in [0.2, 0.25) is 0 Å². The maximum atomic E-state index is 5.47. The molecular weight excluding hydrogens is 316 g/mol. The molecule has 1 heteroatoms. The molecule has 0 fully saturated rings. The third-order valence-electron chi connectivity index (χ3n) is 5.80. The molecule has 4 rings (SSSR count). The van der Waals surface area contributed by atoms with Crippen LogP contribution in [0.2, 0.25) is 0 Å². The van der Waals surface area contributed by atoms with E-state index in [1.54, 1.807) is 7.11 Å². The Morgan fingerprint density at radius 1 is 0.846 bits per heavy atom. The van der Waals surface area contributed by atoms with E-state index in [-0.39, 0.29) is 0 Å². The monoisotopic (exact) mass is 342 g/mol. The predicted molar refractivity (Wildman–Crippen MR) is 108 cm³/mol. The predicted octanol–water partition coefficient (Wildman–Crippen LogP) is 6.17. The zero-order valence-corrected chi connectivity index (χ0v) is 15.8. The van der Waals surface area contributed by atoms with Crippen LogP contribution in [-0.4, -0.2) is 7.11 Å². The number of hydrogen-bond acceptors (Lipinski definition) is 1. The van der Waals surface area contributed by atoms with Crippen LogP contribution in [-0.2, 0) is 6.42 Å². The average molecular weight is 342 g/mol. The summed E-state index contributed by atoms with van der Waals surface area (Å²) < 4.78 is 5.47. The van der Waals surface area contributed by atoms with E-state index >= 15 is 0 Å². The van der Waals surface area contributed by atoms with Gasteiger partial charge in [0.1, 0.15) is 5.75 Å². The lowest BCUT2D eigenvalue weighted by atomic mass is 9.68. The minimum Gasteiger partial charge on any atom is -0.497 e. The summed E-state index contributed by atoms with van der Waals surface area (Å²) >= 11 is 0. The maximum absolute atomic E-state index is 5.47. The normalized spacial score (nSPS) is 19.0. The second kappa shape index (κ2) is 6.99. The molecule has 0 heterocycles. The van der Waals surface area contributed by atoms with Crippen molar-refractivity contribution >= 4 is 0 Å². The van der Waals surface area contributed by atoms with Crippen molar-refractivity contribution in [3.63, 3.8) is 0 Å². The van der Waals surface area contributed by atoms with Gasteiger partial charge in [-0.05, 0) is 72.6 Å². The lowest BCUT2D eigenvalue weighted by molar-refractivity contribution is 0.412. The molecule has 0 aliphatic heterocycles. The summed E-state index contributed by atoms with van der Waals surface area (Å²) in [5.41, 5.74) is 8.50. The van der Waals surface area contributed by atoms with Crippen molar-refractivity contribution in [2.45, 2.75) is 38.5 Å². The van der Waals surface area contributed by atoms with Gasteiger partial charge in [0.15, 0.2) is 0 Å². The number of hydrogen-bond donors (Lipinski definition) is 0. The van der Waals surface area contributed by atoms with Crippen molar-refractivity contribution in [1.29, 1.82) is 0 Å². The zero-order valence-electron chi connectivity index (χ0n) is 15.8. The van der Waals surface area contributed by atoms with Gasteiger partial charge < -0.3 is 4.74 Å². The van der Waals surface area contributed by atoms with Crippen molar-refractivity contribution in [2.75, 3.05) is 7.11 Å². The smallest absolute Gasteiger partial charge is 0.119 e. The lowest BCUT2D eigenvalue weighted by Gasteiger charge is -2.35. The quantitative estimate of drug-likeness (QED) is 0.553. The molecule has 0 spiro atoms. The van der Waals surface area contributed by atoms with Crippen molar-refractivity contribution in [2.24, 2.45) is 0 Å². The maximum Gasteiger partial charge on any atom is 0.119 e. The van der Waals surface area contributed by atoms with Gasteiger partial charge in [0, 0.05) is 5.92 Å². The molecule has 0 radical (unpaired) electrons. The highest BCUT2D eigenvalue weighted by atomic mass is 16.5. The molecule has 1 aliphatic rings. The fourth-order valence-corrected chi connectivity index (χ4v) is 4.54. The summed E-state index contributed by atoms with van der Waals surface area (Å²) in [5.74, 6) is 1.87. The topological polar surface area (TPSA) is 9.23 Å². The molecule has 132 valence electrons. The zero-order chi connectivity index (χ0) is 18.1. The van der Waals surface area contributed by atoms with E-state index in [0.717, 1.165) is 12.2 Å². The second-order valence-electron chi connectivity index (χ2n) is 7.46. The molecule has 0 saturated carbocycles. The first-order chi connectivity index (χ1) is 12.7. The van der Waals surface area contributed by atoms with Gasteiger partial charge in [-0.3, -0.25) is 0 Å². The first-order valence-corrected chi connectivity index (χ1v) is 9.46. The number of rotatable bonds is 3. The van der Waals surface area contributed by atoms with E-state index in [0.29, 0.717) is 11.8 Å². The molecule has 26 heavy (non-hydrogen) atoms. The first-order valence-electron chi connectivity index (χ1n) is 9.46. The third-order valence-corrected chi connectivity index (χ3v) is 5.80. The highest BCUT2D eigenvalue weighted by Crippen LogP contribution is 2.47. The van der Waals surface area contributed by atoms with Crippen LogP contribution in [0.25, 0.3) is 0 Å². The molecule has 0 saturated heterocycles. The Kier molecular flexibility index (Phi) is 4.55. The van der Waals surface area contributed by atoms with Crippen LogP contribution in [0.1, 0.15) is 51.6 Å². The van der Waals surface area contributed by atoms with Gasteiger partial charge in [-0.1, -0.05) is 60.2 Å². The summed E-state index contributed by atoms with van der Waals surface area (Å²) in [4.78, 5) is 0.